The Morgan fingerprint density at radius 2 is 2.38 bits per heavy atom. The van der Waals surface area contributed by atoms with Crippen LogP contribution in [0.25, 0.3) is 0 Å². The molecule has 0 radical (unpaired) electrons. The Balaban J connectivity index is -0.0000000600. The van der Waals surface area contributed by atoms with E-state index in [0.717, 1.165) is 0 Å². The topological polar surface area (TPSA) is 46.5 Å². The summed E-state index contributed by atoms with van der Waals surface area (Å²) in [6.07, 6.45) is 0.0938. The van der Waals surface area contributed by atoms with Crippen LogP contribution in [-0.2, 0) is 9.53 Å². The van der Waals surface area contributed by atoms with Gasteiger partial charge in [-0.3, -0.25) is 4.79 Å². The van der Waals surface area contributed by atoms with E-state index in [1.807, 2.05) is 0 Å². The van der Waals surface area contributed by atoms with Crippen molar-refractivity contribution in [2.24, 2.45) is 0 Å². The van der Waals surface area contributed by atoms with Gasteiger partial charge in [0.1, 0.15) is 0 Å². The predicted molar refractivity (Wildman–Crippen MR) is 32.1 cm³/mol. The Bertz CT molecular complexity index is 71.5. The number of ether oxygens (including phenoxy) is 1. The average molecular weight is 194 g/mol. The molecule has 0 aliphatic heterocycles. The van der Waals surface area contributed by atoms with Crippen LogP contribution in [0.15, 0.2) is 0 Å². The van der Waals surface area contributed by atoms with Gasteiger partial charge in [0.2, 0.25) is 0 Å². The molecule has 0 saturated carbocycles. The minimum absolute atomic E-state index is 0. The Morgan fingerprint density at radius 1 is 1.88 bits per heavy atom. The van der Waals surface area contributed by atoms with E-state index in [9.17, 15) is 4.79 Å². The van der Waals surface area contributed by atoms with Crippen LogP contribution in [0.3, 0.4) is 0 Å². The fraction of sp³-hybridized carbons (Fsp3) is 0.750. The van der Waals surface area contributed by atoms with Gasteiger partial charge in [0, 0.05) is 7.11 Å². The fourth-order valence-electron chi connectivity index (χ4n) is 0.189. The minimum Gasteiger partial charge on any atom is -1.00 e. The molecule has 4 heteroatoms. The summed E-state index contributed by atoms with van der Waals surface area (Å²) in [5.74, 6) is -0.818. The first kappa shape index (κ1) is 11.7. The van der Waals surface area contributed by atoms with Crippen LogP contribution in [0.4, 0.5) is 0 Å². The SMILES string of the molecule is COCCC(=O)O.[H-].[H-].[Sr+2]. The second-order valence-corrected chi connectivity index (χ2v) is 1.14. The number of hydrogen-bond donors (Lipinski definition) is 1. The van der Waals surface area contributed by atoms with Crippen molar-refractivity contribution in [2.45, 2.75) is 6.42 Å². The molecule has 1 N–H and O–H groups in total. The van der Waals surface area contributed by atoms with Crippen molar-refractivity contribution in [1.29, 1.82) is 0 Å². The van der Waals surface area contributed by atoms with E-state index < -0.39 is 5.97 Å². The summed E-state index contributed by atoms with van der Waals surface area (Å²) in [7, 11) is 1.48. The summed E-state index contributed by atoms with van der Waals surface area (Å²) in [4.78, 5) is 9.68. The first-order chi connectivity index (χ1) is 3.27. The van der Waals surface area contributed by atoms with Gasteiger partial charge in [-0.1, -0.05) is 0 Å². The third-order valence-corrected chi connectivity index (χ3v) is 0.520. The number of carboxylic acid groups (broad SMARTS) is 1. The van der Waals surface area contributed by atoms with Gasteiger partial charge in [-0.2, -0.15) is 0 Å². The zero-order valence-corrected chi connectivity index (χ0v) is 8.36. The average Bonchev–Trinajstić information content (AvgIpc) is 1.61. The number of hydrogen-bond acceptors (Lipinski definition) is 2. The second kappa shape index (κ2) is 7.91. The predicted octanol–water partition coefficient (Wildman–Crippen LogP) is -0.0483. The van der Waals surface area contributed by atoms with Crippen molar-refractivity contribution in [3.63, 3.8) is 0 Å². The van der Waals surface area contributed by atoms with Crippen LogP contribution in [0.1, 0.15) is 9.27 Å². The van der Waals surface area contributed by atoms with Crippen molar-refractivity contribution in [3.05, 3.63) is 0 Å². The number of methoxy groups -OCH3 is 1. The van der Waals surface area contributed by atoms with Crippen LogP contribution in [-0.4, -0.2) is 70.3 Å². The van der Waals surface area contributed by atoms with E-state index in [1.165, 1.54) is 7.11 Å². The van der Waals surface area contributed by atoms with Crippen LogP contribution in [0, 0.1) is 0 Å². The molecule has 0 unspecified atom stereocenters. The van der Waals surface area contributed by atoms with Gasteiger partial charge in [0.25, 0.3) is 0 Å². The molecule has 0 aliphatic carbocycles. The van der Waals surface area contributed by atoms with Gasteiger partial charge in [-0.15, -0.1) is 0 Å². The van der Waals surface area contributed by atoms with E-state index in [0.29, 0.717) is 6.61 Å². The molecule has 0 amide bonds. The van der Waals surface area contributed by atoms with E-state index in [1.54, 1.807) is 0 Å². The third kappa shape index (κ3) is 10.0. The zero-order valence-electron chi connectivity index (χ0n) is 6.89. The van der Waals surface area contributed by atoms with Crippen molar-refractivity contribution in [2.75, 3.05) is 13.7 Å². The van der Waals surface area contributed by atoms with E-state index >= 15 is 0 Å². The number of carbonyl (C=O) groups is 1. The molecule has 0 aliphatic rings. The van der Waals surface area contributed by atoms with Gasteiger partial charge in [-0.25, -0.2) is 0 Å². The molecule has 0 rings (SSSR count). The summed E-state index contributed by atoms with van der Waals surface area (Å²) in [5.41, 5.74) is 0. The molecule has 0 heterocycles. The van der Waals surface area contributed by atoms with Crippen molar-refractivity contribution < 1.29 is 17.5 Å². The standard InChI is InChI=1S/C4H8O3.Sr.2H/c1-7-3-2-4(5)6;;;/h2-3H2,1H3,(H,5,6);;;/q;+2;2*-1. The molecule has 0 bridgehead atoms. The van der Waals surface area contributed by atoms with Gasteiger partial charge in [0.15, 0.2) is 0 Å². The summed E-state index contributed by atoms with van der Waals surface area (Å²) < 4.78 is 4.47. The fourth-order valence-corrected chi connectivity index (χ4v) is 0.189. The zero-order chi connectivity index (χ0) is 5.70. The molecule has 0 aromatic heterocycles. The first-order valence-corrected chi connectivity index (χ1v) is 1.98. The van der Waals surface area contributed by atoms with Crippen molar-refractivity contribution in [1.82, 2.24) is 0 Å². The summed E-state index contributed by atoms with van der Waals surface area (Å²) in [6, 6.07) is 0. The number of carboxylic acids is 1. The van der Waals surface area contributed by atoms with Crippen LogP contribution in [0.2, 0.25) is 0 Å². The summed E-state index contributed by atoms with van der Waals surface area (Å²) in [6.45, 7) is 0.301. The van der Waals surface area contributed by atoms with E-state index in [4.69, 9.17) is 5.11 Å². The van der Waals surface area contributed by atoms with E-state index in [-0.39, 0.29) is 54.8 Å². The van der Waals surface area contributed by atoms with Crippen molar-refractivity contribution >= 4 is 51.5 Å². The largest absolute Gasteiger partial charge is 2.00 e. The Morgan fingerprint density at radius 3 is 2.50 bits per heavy atom. The second-order valence-electron chi connectivity index (χ2n) is 1.14. The molecule has 0 saturated heterocycles. The molecular formula is C4H10O3Sr. The molecule has 0 spiro atoms. The van der Waals surface area contributed by atoms with Gasteiger partial charge in [-0.05, 0) is 0 Å². The first-order valence-electron chi connectivity index (χ1n) is 1.98. The maximum absolute atomic E-state index is 9.68. The Labute approximate surface area is 88.3 Å². The molecular weight excluding hydrogens is 184 g/mol. The van der Waals surface area contributed by atoms with E-state index in [2.05, 4.69) is 4.74 Å². The molecule has 46 valence electrons. The molecule has 0 aromatic carbocycles. The molecule has 0 fully saturated rings. The van der Waals surface area contributed by atoms with Crippen molar-refractivity contribution in [3.8, 4) is 0 Å². The summed E-state index contributed by atoms with van der Waals surface area (Å²) >= 11 is 0. The molecule has 3 nitrogen and oxygen atoms in total. The number of rotatable bonds is 3. The maximum Gasteiger partial charge on any atom is 2.00 e. The monoisotopic (exact) mass is 194 g/mol. The molecule has 0 atom stereocenters. The normalized spacial score (nSPS) is 7.62. The van der Waals surface area contributed by atoms with Gasteiger partial charge >= 0.3 is 51.5 Å². The minimum atomic E-state index is -0.818. The van der Waals surface area contributed by atoms with Crippen LogP contribution in [0.5, 0.6) is 0 Å². The van der Waals surface area contributed by atoms with Gasteiger partial charge in [0.05, 0.1) is 13.0 Å². The summed E-state index contributed by atoms with van der Waals surface area (Å²) in [5, 5.41) is 7.96. The smallest absolute Gasteiger partial charge is 1.00 e. The van der Waals surface area contributed by atoms with Crippen LogP contribution < -0.4 is 0 Å². The Hall–Kier alpha value is 0.911. The maximum atomic E-state index is 9.68. The molecule has 8 heavy (non-hydrogen) atoms. The molecule has 0 aromatic rings. The quantitative estimate of drug-likeness (QED) is 0.640. The number of aliphatic carboxylic acids is 1. The third-order valence-electron chi connectivity index (χ3n) is 0.520. The van der Waals surface area contributed by atoms with Crippen LogP contribution >= 0.6 is 0 Å². The Kier molecular flexibility index (Phi) is 11.5. The van der Waals surface area contributed by atoms with Gasteiger partial charge < -0.3 is 12.7 Å².